The van der Waals surface area contributed by atoms with Gasteiger partial charge in [0.25, 0.3) is 0 Å². The molecule has 1 unspecified atom stereocenters. The Morgan fingerprint density at radius 2 is 1.60 bits per heavy atom. The van der Waals surface area contributed by atoms with E-state index in [0.717, 1.165) is 12.8 Å². The summed E-state index contributed by atoms with van der Waals surface area (Å²) >= 11 is 0. The van der Waals surface area contributed by atoms with Gasteiger partial charge in [-0.05, 0) is 61.4 Å². The number of benzene rings is 2. The van der Waals surface area contributed by atoms with Gasteiger partial charge in [-0.25, -0.2) is 0 Å². The van der Waals surface area contributed by atoms with E-state index in [9.17, 15) is 0 Å². The van der Waals surface area contributed by atoms with Crippen LogP contribution in [0.15, 0.2) is 42.5 Å². The van der Waals surface area contributed by atoms with Gasteiger partial charge >= 0.3 is 0 Å². The maximum atomic E-state index is 5.78. The van der Waals surface area contributed by atoms with Crippen LogP contribution < -0.4 is 11.3 Å². The van der Waals surface area contributed by atoms with E-state index < -0.39 is 0 Å². The van der Waals surface area contributed by atoms with Crippen LogP contribution in [0.1, 0.15) is 40.3 Å². The quantitative estimate of drug-likeness (QED) is 0.640. The van der Waals surface area contributed by atoms with E-state index in [2.05, 4.69) is 68.7 Å². The first-order chi connectivity index (χ1) is 9.61. The Labute approximate surface area is 122 Å². The molecule has 3 N–H and O–H groups in total. The summed E-state index contributed by atoms with van der Waals surface area (Å²) < 4.78 is 0. The van der Waals surface area contributed by atoms with Crippen LogP contribution in [-0.2, 0) is 6.42 Å². The third-order valence-electron chi connectivity index (χ3n) is 4.02. The molecule has 0 aliphatic rings. The van der Waals surface area contributed by atoms with E-state index in [-0.39, 0.29) is 6.04 Å². The van der Waals surface area contributed by atoms with Crippen molar-refractivity contribution in [2.75, 3.05) is 0 Å². The molecular formula is C18H24N2. The molecule has 0 aliphatic carbocycles. The number of nitrogens with one attached hydrogen (secondary N) is 1. The average Bonchev–Trinajstić information content (AvgIpc) is 2.46. The normalized spacial score (nSPS) is 12.4. The first-order valence-electron chi connectivity index (χ1n) is 7.19. The number of hydrazine groups is 1. The van der Waals surface area contributed by atoms with Crippen LogP contribution in [0.5, 0.6) is 0 Å². The molecule has 0 bridgehead atoms. The minimum Gasteiger partial charge on any atom is -0.271 e. The molecule has 1 atom stereocenters. The summed E-state index contributed by atoms with van der Waals surface area (Å²) in [6.45, 7) is 6.47. The van der Waals surface area contributed by atoms with Gasteiger partial charge in [0.15, 0.2) is 0 Å². The van der Waals surface area contributed by atoms with Crippen molar-refractivity contribution in [1.82, 2.24) is 5.43 Å². The van der Waals surface area contributed by atoms with Crippen LogP contribution in [-0.4, -0.2) is 0 Å². The zero-order valence-electron chi connectivity index (χ0n) is 12.6. The molecule has 2 aromatic rings. The fourth-order valence-corrected chi connectivity index (χ4v) is 2.64. The van der Waals surface area contributed by atoms with Crippen LogP contribution in [0.25, 0.3) is 0 Å². The number of aryl methyl sites for hydroxylation is 4. The second-order valence-corrected chi connectivity index (χ2v) is 5.54. The van der Waals surface area contributed by atoms with Gasteiger partial charge in [-0.3, -0.25) is 11.3 Å². The highest BCUT2D eigenvalue weighted by Crippen LogP contribution is 2.24. The first kappa shape index (κ1) is 14.8. The van der Waals surface area contributed by atoms with Crippen LogP contribution >= 0.6 is 0 Å². The summed E-state index contributed by atoms with van der Waals surface area (Å²) in [5.41, 5.74) is 9.62. The molecule has 0 saturated heterocycles. The SMILES string of the molecule is Cc1cc(C)c(C(CCc2ccccc2)NN)cc1C. The van der Waals surface area contributed by atoms with Crippen LogP contribution in [0.3, 0.4) is 0 Å². The average molecular weight is 268 g/mol. The predicted octanol–water partition coefficient (Wildman–Crippen LogP) is 3.75. The van der Waals surface area contributed by atoms with Crippen LogP contribution in [0.2, 0.25) is 0 Å². The molecule has 0 saturated carbocycles. The number of rotatable bonds is 5. The van der Waals surface area contributed by atoms with Crippen LogP contribution in [0.4, 0.5) is 0 Å². The highest BCUT2D eigenvalue weighted by molar-refractivity contribution is 5.38. The van der Waals surface area contributed by atoms with Crippen molar-refractivity contribution in [2.24, 2.45) is 5.84 Å². The summed E-state index contributed by atoms with van der Waals surface area (Å²) in [5, 5.41) is 0. The summed E-state index contributed by atoms with van der Waals surface area (Å²) in [7, 11) is 0. The van der Waals surface area contributed by atoms with Crippen LogP contribution in [0, 0.1) is 20.8 Å². The van der Waals surface area contributed by atoms with E-state index in [4.69, 9.17) is 5.84 Å². The molecule has 20 heavy (non-hydrogen) atoms. The molecule has 0 radical (unpaired) electrons. The first-order valence-corrected chi connectivity index (χ1v) is 7.19. The third kappa shape index (κ3) is 3.47. The van der Waals surface area contributed by atoms with Crippen molar-refractivity contribution in [2.45, 2.75) is 39.7 Å². The largest absolute Gasteiger partial charge is 0.271 e. The Balaban J connectivity index is 2.14. The minimum atomic E-state index is 0.203. The molecule has 2 aromatic carbocycles. The van der Waals surface area contributed by atoms with E-state index >= 15 is 0 Å². The molecule has 106 valence electrons. The van der Waals surface area contributed by atoms with E-state index in [0.29, 0.717) is 0 Å². The van der Waals surface area contributed by atoms with Gasteiger partial charge in [0, 0.05) is 6.04 Å². The summed E-state index contributed by atoms with van der Waals surface area (Å²) in [6, 6.07) is 15.3. The van der Waals surface area contributed by atoms with Gasteiger partial charge < -0.3 is 0 Å². The monoisotopic (exact) mass is 268 g/mol. The summed E-state index contributed by atoms with van der Waals surface area (Å²) in [4.78, 5) is 0. The fourth-order valence-electron chi connectivity index (χ4n) is 2.64. The highest BCUT2D eigenvalue weighted by atomic mass is 15.2. The number of hydrogen-bond acceptors (Lipinski definition) is 2. The van der Waals surface area contributed by atoms with Gasteiger partial charge in [-0.1, -0.05) is 42.5 Å². The third-order valence-corrected chi connectivity index (χ3v) is 4.02. The molecular weight excluding hydrogens is 244 g/mol. The van der Waals surface area contributed by atoms with Crippen molar-refractivity contribution in [3.8, 4) is 0 Å². The molecule has 2 heteroatoms. The molecule has 0 heterocycles. The smallest absolute Gasteiger partial charge is 0.0465 e. The Morgan fingerprint density at radius 1 is 0.950 bits per heavy atom. The lowest BCUT2D eigenvalue weighted by Gasteiger charge is -2.20. The van der Waals surface area contributed by atoms with E-state index in [1.165, 1.54) is 27.8 Å². The second-order valence-electron chi connectivity index (χ2n) is 5.54. The molecule has 0 fully saturated rings. The van der Waals surface area contributed by atoms with Crippen molar-refractivity contribution < 1.29 is 0 Å². The summed E-state index contributed by atoms with van der Waals surface area (Å²) in [6.07, 6.45) is 2.03. The van der Waals surface area contributed by atoms with Crippen molar-refractivity contribution >= 4 is 0 Å². The molecule has 2 nitrogen and oxygen atoms in total. The van der Waals surface area contributed by atoms with E-state index in [1.54, 1.807) is 0 Å². The molecule has 0 amide bonds. The lowest BCUT2D eigenvalue weighted by atomic mass is 9.92. The minimum absolute atomic E-state index is 0.203. The maximum Gasteiger partial charge on any atom is 0.0465 e. The van der Waals surface area contributed by atoms with Crippen molar-refractivity contribution in [3.63, 3.8) is 0 Å². The van der Waals surface area contributed by atoms with Crippen molar-refractivity contribution in [1.29, 1.82) is 0 Å². The topological polar surface area (TPSA) is 38.0 Å². The Hall–Kier alpha value is -1.64. The zero-order chi connectivity index (χ0) is 14.5. The van der Waals surface area contributed by atoms with Gasteiger partial charge in [0.05, 0.1) is 0 Å². The van der Waals surface area contributed by atoms with Gasteiger partial charge in [0.1, 0.15) is 0 Å². The summed E-state index contributed by atoms with van der Waals surface area (Å²) in [5.74, 6) is 5.78. The Morgan fingerprint density at radius 3 is 2.25 bits per heavy atom. The zero-order valence-corrected chi connectivity index (χ0v) is 12.6. The maximum absolute atomic E-state index is 5.78. The highest BCUT2D eigenvalue weighted by Gasteiger charge is 2.13. The Kier molecular flexibility index (Phi) is 4.94. The number of nitrogens with two attached hydrogens (primary N) is 1. The second kappa shape index (κ2) is 6.69. The lowest BCUT2D eigenvalue weighted by molar-refractivity contribution is 0.514. The lowest BCUT2D eigenvalue weighted by Crippen LogP contribution is -2.29. The molecule has 0 aliphatic heterocycles. The predicted molar refractivity (Wildman–Crippen MR) is 85.5 cm³/mol. The van der Waals surface area contributed by atoms with Crippen molar-refractivity contribution in [3.05, 3.63) is 70.3 Å². The fraction of sp³-hybridized carbons (Fsp3) is 0.333. The number of hydrogen-bond donors (Lipinski definition) is 2. The van der Waals surface area contributed by atoms with Gasteiger partial charge in [0.2, 0.25) is 0 Å². The molecule has 0 aromatic heterocycles. The van der Waals surface area contributed by atoms with Gasteiger partial charge in [-0.15, -0.1) is 0 Å². The molecule has 2 rings (SSSR count). The van der Waals surface area contributed by atoms with E-state index in [1.807, 2.05) is 0 Å². The van der Waals surface area contributed by atoms with Gasteiger partial charge in [-0.2, -0.15) is 0 Å². The Bertz CT molecular complexity index is 561. The molecule has 0 spiro atoms. The standard InChI is InChI=1S/C18H24N2/c1-13-11-15(3)17(12-14(13)2)18(20-19)10-9-16-7-5-4-6-8-16/h4-8,11-12,18,20H,9-10,19H2,1-3H3.